The van der Waals surface area contributed by atoms with Gasteiger partial charge in [0.15, 0.2) is 0 Å². The van der Waals surface area contributed by atoms with Crippen LogP contribution in [-0.2, 0) is 19.4 Å². The van der Waals surface area contributed by atoms with Crippen LogP contribution in [0.4, 0.5) is 11.4 Å². The van der Waals surface area contributed by atoms with Crippen LogP contribution in [0, 0.1) is 20.2 Å². The minimum Gasteiger partial charge on any atom is -0.463 e. The Morgan fingerprint density at radius 2 is 1.55 bits per heavy atom. The molecule has 0 fully saturated rings. The first kappa shape index (κ1) is 30.1. The highest BCUT2D eigenvalue weighted by molar-refractivity contribution is 7.95. The van der Waals surface area contributed by atoms with Crippen molar-refractivity contribution in [1.29, 1.82) is 0 Å². The van der Waals surface area contributed by atoms with E-state index in [1.165, 1.54) is 78.9 Å². The monoisotopic (exact) mass is 634 g/mol. The zero-order valence-corrected chi connectivity index (χ0v) is 24.4. The molecule has 0 saturated carbocycles. The third-order valence-corrected chi connectivity index (χ3v) is 9.80. The number of ether oxygens (including phenoxy) is 1. The summed E-state index contributed by atoms with van der Waals surface area (Å²) in [5.41, 5.74) is 5.79. The van der Waals surface area contributed by atoms with Gasteiger partial charge in [-0.2, -0.15) is 0 Å². The molecule has 3 aromatic carbocycles. The molecule has 4 aromatic rings. The van der Waals surface area contributed by atoms with Crippen LogP contribution in [0.5, 0.6) is 0 Å². The van der Waals surface area contributed by atoms with Crippen molar-refractivity contribution in [3.05, 3.63) is 135 Å². The molecule has 0 amide bonds. The molecule has 0 aliphatic carbocycles. The summed E-state index contributed by atoms with van der Waals surface area (Å²) in [5.74, 6) is -2.77. The number of thiazole rings is 1. The number of nitro benzene ring substituents is 2. The molecule has 5 rings (SSSR count). The third-order valence-electron chi connectivity index (χ3n) is 6.78. The first-order valence-corrected chi connectivity index (χ1v) is 15.2. The molecule has 13 nitrogen and oxygen atoms in total. The Kier molecular flexibility index (Phi) is 7.99. The van der Waals surface area contributed by atoms with Crippen LogP contribution in [0.15, 0.2) is 93.5 Å². The predicted molar refractivity (Wildman–Crippen MR) is 161 cm³/mol. The maximum Gasteiger partial charge on any atom is 0.338 e. The second-order valence-corrected chi connectivity index (χ2v) is 12.3. The third kappa shape index (κ3) is 5.29. The highest BCUT2D eigenvalue weighted by Crippen LogP contribution is 2.42. The largest absolute Gasteiger partial charge is 0.463 e. The highest BCUT2D eigenvalue weighted by atomic mass is 32.2. The Morgan fingerprint density at radius 3 is 2.09 bits per heavy atom. The molecule has 1 unspecified atom stereocenters. The number of carbonyl (C=O) groups excluding carboxylic acids is 1. The topological polar surface area (TPSA) is 195 Å². The van der Waals surface area contributed by atoms with Crippen LogP contribution in [0.1, 0.15) is 24.0 Å². The van der Waals surface area contributed by atoms with E-state index in [-0.39, 0.29) is 43.2 Å². The lowest BCUT2D eigenvalue weighted by Gasteiger charge is -2.28. The molecule has 15 heteroatoms. The molecule has 2 heterocycles. The van der Waals surface area contributed by atoms with E-state index >= 15 is 0 Å². The van der Waals surface area contributed by atoms with Crippen molar-refractivity contribution >= 4 is 56.0 Å². The van der Waals surface area contributed by atoms with Crippen LogP contribution in [0.2, 0.25) is 0 Å². The minimum absolute atomic E-state index is 0.00877. The number of benzene rings is 3. The Balaban J connectivity index is 1.88. The van der Waals surface area contributed by atoms with Crippen molar-refractivity contribution in [3.8, 4) is 0 Å². The maximum absolute atomic E-state index is 14.2. The van der Waals surface area contributed by atoms with E-state index < -0.39 is 47.9 Å². The van der Waals surface area contributed by atoms with E-state index in [1.54, 1.807) is 13.0 Å². The Hall–Kier alpha value is -5.41. The Labute approximate surface area is 252 Å². The van der Waals surface area contributed by atoms with E-state index in [0.717, 1.165) is 15.9 Å². The van der Waals surface area contributed by atoms with Gasteiger partial charge in [-0.25, -0.2) is 13.2 Å². The average molecular weight is 635 g/mol. The second kappa shape index (κ2) is 11.7. The quantitative estimate of drug-likeness (QED) is 0.171. The lowest BCUT2D eigenvalue weighted by atomic mass is 9.89. The van der Waals surface area contributed by atoms with E-state index in [2.05, 4.69) is 0 Å². The van der Waals surface area contributed by atoms with Crippen molar-refractivity contribution < 1.29 is 27.8 Å². The van der Waals surface area contributed by atoms with Crippen molar-refractivity contribution in [2.75, 3.05) is 6.61 Å². The molecule has 0 spiro atoms. The molecule has 224 valence electrons. The summed E-state index contributed by atoms with van der Waals surface area (Å²) in [5, 5.41) is 22.4. The molecule has 0 bridgehead atoms. The normalized spacial score (nSPS) is 15.2. The van der Waals surface area contributed by atoms with Crippen LogP contribution in [-0.4, -0.2) is 35.4 Å². The van der Waals surface area contributed by atoms with Crippen molar-refractivity contribution in [3.63, 3.8) is 0 Å². The van der Waals surface area contributed by atoms with Gasteiger partial charge in [-0.15, -0.1) is 11.3 Å². The van der Waals surface area contributed by atoms with Gasteiger partial charge in [0.1, 0.15) is 15.4 Å². The summed E-state index contributed by atoms with van der Waals surface area (Å²) in [6, 6.07) is 17.7. The Morgan fingerprint density at radius 1 is 0.977 bits per heavy atom. The zero-order chi connectivity index (χ0) is 31.8. The van der Waals surface area contributed by atoms with Crippen LogP contribution in [0.25, 0.3) is 17.5 Å². The standard InChI is InChI=1S/C29H22N4O9S2/c1-2-42-29(35)24-23(18-10-14-20(15-11-18)33(38)39)25(44(40,41)21-6-4-3-5-7-21)26(30)31-27(34)22(43-28(24)31)16-17-8-12-19(13-9-17)32(36)37/h3-16,23H,2,30H2,1H3. The summed E-state index contributed by atoms with van der Waals surface area (Å²) in [6.07, 6.45) is 1.43. The number of non-ortho nitro benzene ring substituents is 2. The van der Waals surface area contributed by atoms with Crippen LogP contribution < -0.4 is 20.5 Å². The number of allylic oxidation sites excluding steroid dienone is 1. The summed E-state index contributed by atoms with van der Waals surface area (Å²) >= 11 is 0.854. The number of nitrogens with zero attached hydrogens (tertiary/aromatic N) is 3. The molecule has 1 aliphatic rings. The number of hydrogen-bond donors (Lipinski definition) is 1. The molecular formula is C29H22N4O9S2. The number of hydrogen-bond acceptors (Lipinski definition) is 11. The average Bonchev–Trinajstić information content (AvgIpc) is 3.33. The summed E-state index contributed by atoms with van der Waals surface area (Å²) in [4.78, 5) is 48.0. The summed E-state index contributed by atoms with van der Waals surface area (Å²) < 4.78 is 34.7. The van der Waals surface area contributed by atoms with Gasteiger partial charge in [-0.05, 0) is 48.4 Å². The second-order valence-electron chi connectivity index (χ2n) is 9.39. The Bertz CT molecular complexity index is 2130. The first-order valence-electron chi connectivity index (χ1n) is 12.9. The predicted octanol–water partition coefficient (Wildman–Crippen LogP) is 2.62. The van der Waals surface area contributed by atoms with E-state index in [0.29, 0.717) is 5.56 Å². The van der Waals surface area contributed by atoms with Crippen molar-refractivity contribution in [2.24, 2.45) is 5.73 Å². The van der Waals surface area contributed by atoms with Gasteiger partial charge in [0.25, 0.3) is 16.9 Å². The highest BCUT2D eigenvalue weighted by Gasteiger charge is 2.42. The minimum atomic E-state index is -4.48. The maximum atomic E-state index is 14.2. The number of esters is 1. The number of sulfone groups is 1. The van der Waals surface area contributed by atoms with Crippen LogP contribution >= 0.6 is 11.3 Å². The number of nitrogens with two attached hydrogens (primary N) is 1. The molecule has 0 radical (unpaired) electrons. The molecule has 1 atom stereocenters. The van der Waals surface area contributed by atoms with Gasteiger partial charge >= 0.3 is 5.97 Å². The van der Waals surface area contributed by atoms with Gasteiger partial charge in [0.05, 0.1) is 37.4 Å². The fourth-order valence-electron chi connectivity index (χ4n) is 4.78. The number of nitro groups is 2. The molecule has 1 aliphatic heterocycles. The van der Waals surface area contributed by atoms with Crippen molar-refractivity contribution in [2.45, 2.75) is 17.7 Å². The smallest absolute Gasteiger partial charge is 0.338 e. The molecule has 2 N–H and O–H groups in total. The zero-order valence-electron chi connectivity index (χ0n) is 22.8. The van der Waals surface area contributed by atoms with Gasteiger partial charge in [-0.3, -0.25) is 29.6 Å². The van der Waals surface area contributed by atoms with E-state index in [1.807, 2.05) is 0 Å². The fraction of sp³-hybridized carbons (Fsp3) is 0.103. The van der Waals surface area contributed by atoms with Gasteiger partial charge in [-0.1, -0.05) is 30.3 Å². The van der Waals surface area contributed by atoms with Gasteiger partial charge in [0, 0.05) is 24.3 Å². The summed E-state index contributed by atoms with van der Waals surface area (Å²) in [6.45, 7) is 1.48. The number of aromatic nitrogens is 1. The van der Waals surface area contributed by atoms with Gasteiger partial charge in [0.2, 0.25) is 9.84 Å². The number of rotatable bonds is 8. The van der Waals surface area contributed by atoms with E-state index in [4.69, 9.17) is 10.5 Å². The molecule has 44 heavy (non-hydrogen) atoms. The fourth-order valence-corrected chi connectivity index (χ4v) is 7.64. The SMILES string of the molecule is CCOC(=O)C1=c2sc(=Cc3ccc([N+](=O)[O-])cc3)c(=O)n2C(N)=C(S(=O)(=O)c2ccccc2)C1c1ccc([N+](=O)[O-])cc1. The molecule has 1 aromatic heterocycles. The first-order chi connectivity index (χ1) is 20.9. The summed E-state index contributed by atoms with van der Waals surface area (Å²) in [7, 11) is -4.48. The van der Waals surface area contributed by atoms with E-state index in [9.17, 15) is 38.2 Å². The number of fused-ring (bicyclic) bond motifs is 1. The lowest BCUT2D eigenvalue weighted by Crippen LogP contribution is -2.41. The number of carbonyl (C=O) groups is 1. The van der Waals surface area contributed by atoms with Gasteiger partial charge < -0.3 is 10.5 Å². The molecular weight excluding hydrogens is 612 g/mol. The van der Waals surface area contributed by atoms with Crippen molar-refractivity contribution in [1.82, 2.24) is 4.57 Å². The lowest BCUT2D eigenvalue weighted by molar-refractivity contribution is -0.385. The molecule has 0 saturated heterocycles. The van der Waals surface area contributed by atoms with Crippen LogP contribution in [0.3, 0.4) is 0 Å².